The molecule has 5 rings (SSSR count). The summed E-state index contributed by atoms with van der Waals surface area (Å²) < 4.78 is 117. The van der Waals surface area contributed by atoms with Crippen molar-refractivity contribution in [3.8, 4) is 45.3 Å². The molecule has 5 aromatic rings. The molecule has 0 aliphatic heterocycles. The Morgan fingerprint density at radius 1 is 0.452 bits per heavy atom. The van der Waals surface area contributed by atoms with Crippen LogP contribution in [0, 0.1) is 0 Å². The van der Waals surface area contributed by atoms with Crippen molar-refractivity contribution >= 4 is 15.9 Å². The zero-order valence-electron chi connectivity index (χ0n) is 29.5. The second-order valence-electron chi connectivity index (χ2n) is 6.06. The van der Waals surface area contributed by atoms with E-state index in [-0.39, 0.29) is 17.2 Å². The van der Waals surface area contributed by atoms with Crippen molar-refractivity contribution in [1.29, 1.82) is 0 Å². The van der Waals surface area contributed by atoms with Crippen molar-refractivity contribution in [1.82, 2.24) is 15.0 Å². The minimum atomic E-state index is -0.737. The predicted octanol–water partition coefficient (Wildman–Crippen LogP) is 7.30. The van der Waals surface area contributed by atoms with Crippen LogP contribution in [0.5, 0.6) is 0 Å². The molecule has 148 valence electrons. The summed E-state index contributed by atoms with van der Waals surface area (Å²) in [7, 11) is 0. The summed E-state index contributed by atoms with van der Waals surface area (Å²) in [5.41, 5.74) is -1.49. The number of benzene rings is 4. The molecule has 0 unspecified atom stereocenters. The lowest BCUT2D eigenvalue weighted by Crippen LogP contribution is -2.00. The molecule has 0 radical (unpaired) electrons. The van der Waals surface area contributed by atoms with Gasteiger partial charge in [0.1, 0.15) is 0 Å². The molecule has 1 aromatic heterocycles. The summed E-state index contributed by atoms with van der Waals surface area (Å²) in [4.78, 5) is 13.0. The van der Waals surface area contributed by atoms with Crippen LogP contribution in [0.25, 0.3) is 45.3 Å². The third-order valence-corrected chi connectivity index (χ3v) is 4.59. The Balaban J connectivity index is 1.87. The van der Waals surface area contributed by atoms with Gasteiger partial charge in [-0.2, -0.15) is 0 Å². The molecule has 0 spiro atoms. The quantitative estimate of drug-likeness (QED) is 0.272. The summed E-state index contributed by atoms with van der Waals surface area (Å²) in [5.74, 6) is -0.878. The van der Waals surface area contributed by atoms with E-state index in [1.165, 1.54) is 0 Å². The van der Waals surface area contributed by atoms with Crippen molar-refractivity contribution < 1.29 is 19.2 Å². The summed E-state index contributed by atoms with van der Waals surface area (Å²) in [5, 5.41) is 0. The van der Waals surface area contributed by atoms with Crippen molar-refractivity contribution in [2.24, 2.45) is 0 Å². The maximum atomic E-state index is 8.80. The minimum Gasteiger partial charge on any atom is -0.208 e. The third kappa shape index (κ3) is 4.30. The molecule has 4 aromatic carbocycles. The first kappa shape index (κ1) is 9.25. The van der Waals surface area contributed by atoms with Gasteiger partial charge in [0.05, 0.1) is 19.2 Å². The lowest BCUT2D eigenvalue weighted by Gasteiger charge is -2.09. The van der Waals surface area contributed by atoms with Crippen LogP contribution in [0.15, 0.2) is 113 Å². The highest BCUT2D eigenvalue weighted by molar-refractivity contribution is 9.10. The van der Waals surface area contributed by atoms with Crippen LogP contribution in [0.1, 0.15) is 19.2 Å². The second kappa shape index (κ2) is 8.62. The van der Waals surface area contributed by atoms with Crippen LogP contribution in [0.3, 0.4) is 0 Å². The van der Waals surface area contributed by atoms with E-state index in [0.29, 0.717) is 10.0 Å². The summed E-state index contributed by atoms with van der Waals surface area (Å²) in [6.07, 6.45) is 0. The number of halogens is 1. The number of aromatic nitrogens is 3. The number of hydrogen-bond donors (Lipinski definition) is 0. The lowest BCUT2D eigenvalue weighted by atomic mass is 10.0. The number of hydrogen-bond acceptors (Lipinski definition) is 3. The molecule has 4 heteroatoms. The van der Waals surface area contributed by atoms with Gasteiger partial charge in [0, 0.05) is 21.2 Å². The van der Waals surface area contributed by atoms with Gasteiger partial charge in [-0.1, -0.05) is 113 Å². The predicted molar refractivity (Wildman–Crippen MR) is 129 cm³/mol. The first-order chi connectivity index (χ1) is 21.1. The van der Waals surface area contributed by atoms with E-state index < -0.39 is 107 Å². The summed E-state index contributed by atoms with van der Waals surface area (Å²) >= 11 is 3.33. The Morgan fingerprint density at radius 3 is 1.39 bits per heavy atom. The van der Waals surface area contributed by atoms with Gasteiger partial charge >= 0.3 is 0 Å². The second-order valence-corrected chi connectivity index (χ2v) is 6.98. The fraction of sp³-hybridized carbons (Fsp3) is 0. The van der Waals surface area contributed by atoms with Gasteiger partial charge in [-0.15, -0.1) is 0 Å². The van der Waals surface area contributed by atoms with Crippen LogP contribution in [0.2, 0.25) is 0 Å². The maximum Gasteiger partial charge on any atom is 0.164 e. The molecule has 0 N–H and O–H groups in total. The van der Waals surface area contributed by atoms with Gasteiger partial charge in [-0.25, -0.2) is 15.0 Å². The van der Waals surface area contributed by atoms with E-state index in [1.807, 2.05) is 0 Å². The lowest BCUT2D eigenvalue weighted by molar-refractivity contribution is 1.07. The van der Waals surface area contributed by atoms with Gasteiger partial charge in [-0.3, -0.25) is 0 Å². The molecule has 0 bridgehead atoms. The van der Waals surface area contributed by atoms with Crippen molar-refractivity contribution in [3.05, 3.63) is 113 Å². The van der Waals surface area contributed by atoms with E-state index in [2.05, 4.69) is 30.9 Å². The fourth-order valence-electron chi connectivity index (χ4n) is 2.61. The van der Waals surface area contributed by atoms with E-state index >= 15 is 0 Å². The maximum absolute atomic E-state index is 8.80. The monoisotopic (exact) mass is 477 g/mol. The zero-order chi connectivity index (χ0) is 33.2. The fourth-order valence-corrected chi connectivity index (χ4v) is 2.88. The van der Waals surface area contributed by atoms with E-state index in [9.17, 15) is 0 Å². The zero-order valence-corrected chi connectivity index (χ0v) is 17.1. The Morgan fingerprint density at radius 2 is 0.839 bits per heavy atom. The molecule has 0 amide bonds. The molecule has 0 saturated heterocycles. The van der Waals surface area contributed by atoms with E-state index in [1.54, 1.807) is 24.3 Å². The van der Waals surface area contributed by atoms with Crippen molar-refractivity contribution in [2.45, 2.75) is 0 Å². The molecule has 0 fully saturated rings. The van der Waals surface area contributed by atoms with E-state index in [4.69, 9.17) is 19.2 Å². The molecular weight excluding hydrogens is 446 g/mol. The van der Waals surface area contributed by atoms with Crippen LogP contribution in [-0.2, 0) is 0 Å². The average molecular weight is 478 g/mol. The van der Waals surface area contributed by atoms with Crippen LogP contribution >= 0.6 is 15.9 Å². The van der Waals surface area contributed by atoms with Crippen LogP contribution < -0.4 is 0 Å². The van der Waals surface area contributed by atoms with Gasteiger partial charge in [0.2, 0.25) is 0 Å². The third-order valence-electron chi connectivity index (χ3n) is 4.06. The topological polar surface area (TPSA) is 38.7 Å². The minimum absolute atomic E-state index is 0.0686. The molecule has 31 heavy (non-hydrogen) atoms. The first-order valence-electron chi connectivity index (χ1n) is 15.9. The largest absolute Gasteiger partial charge is 0.208 e. The Labute approximate surface area is 209 Å². The SMILES string of the molecule is [2H]c1c([2H])c([2H])c(-c2nc(-c3ccc(Br)cc3)nc(-c3c([2H])c([2H])c(-c4c([2H])c([2H])c([2H])c([2H])c4[2H])c([2H])c3[2H])n2)c([2H])c1[2H]. The molecule has 3 nitrogen and oxygen atoms in total. The highest BCUT2D eigenvalue weighted by atomic mass is 79.9. The average Bonchev–Trinajstić information content (AvgIpc) is 3.02. The molecule has 0 atom stereocenters. The molecule has 1 heterocycles. The molecule has 0 aliphatic carbocycles. The van der Waals surface area contributed by atoms with Crippen LogP contribution in [0.4, 0.5) is 0 Å². The summed E-state index contributed by atoms with van der Waals surface area (Å²) in [6, 6.07) is -3.02. The molecule has 0 saturated carbocycles. The first-order valence-corrected chi connectivity index (χ1v) is 9.64. The number of rotatable bonds is 4. The highest BCUT2D eigenvalue weighted by Crippen LogP contribution is 2.27. The highest BCUT2D eigenvalue weighted by Gasteiger charge is 2.12. The molecule has 0 aliphatic rings. The van der Waals surface area contributed by atoms with Gasteiger partial charge in [0.25, 0.3) is 0 Å². The standard InChI is InChI=1S/C27H18BrN3/c28-24-17-15-23(16-18-24)27-30-25(21-9-5-2-6-10-21)29-26(31-27)22-13-11-20(12-14-22)19-7-3-1-4-8-19/h1-18H/i1D,2D,3D,4D,5D,6D,7D,8D,9D,10D,11D,12D,13D,14D. The van der Waals surface area contributed by atoms with Gasteiger partial charge < -0.3 is 0 Å². The van der Waals surface area contributed by atoms with Gasteiger partial charge in [-0.05, 0) is 23.3 Å². The molecular formula is C27H18BrN3. The Bertz CT molecular complexity index is 1980. The summed E-state index contributed by atoms with van der Waals surface area (Å²) in [6.45, 7) is 0. The number of nitrogens with zero attached hydrogens (tertiary/aromatic N) is 3. The van der Waals surface area contributed by atoms with Crippen LogP contribution in [-0.4, -0.2) is 15.0 Å². The van der Waals surface area contributed by atoms with Crippen molar-refractivity contribution in [2.75, 3.05) is 0 Å². The Hall–Kier alpha value is -3.63. The van der Waals surface area contributed by atoms with Crippen molar-refractivity contribution in [3.63, 3.8) is 0 Å². The normalized spacial score (nSPS) is 17.1. The smallest absolute Gasteiger partial charge is 0.164 e. The Kier molecular flexibility index (Phi) is 2.57. The van der Waals surface area contributed by atoms with E-state index in [0.717, 1.165) is 0 Å². The van der Waals surface area contributed by atoms with Gasteiger partial charge in [0.15, 0.2) is 17.5 Å².